The third kappa shape index (κ3) is 4.10. The molecule has 0 fully saturated rings. The van der Waals surface area contributed by atoms with Gasteiger partial charge in [-0.05, 0) is 31.5 Å². The summed E-state index contributed by atoms with van der Waals surface area (Å²) in [5, 5.41) is 4.18. The van der Waals surface area contributed by atoms with Crippen LogP contribution in [-0.2, 0) is 0 Å². The Hall–Kier alpha value is -2.82. The second-order valence-electron chi connectivity index (χ2n) is 5.05. The van der Waals surface area contributed by atoms with Gasteiger partial charge in [-0.3, -0.25) is 4.79 Å². The second kappa shape index (κ2) is 7.45. The summed E-state index contributed by atoms with van der Waals surface area (Å²) in [7, 11) is 3.08. The van der Waals surface area contributed by atoms with Crippen molar-refractivity contribution in [2.24, 2.45) is 5.10 Å². The molecule has 0 bridgehead atoms. The van der Waals surface area contributed by atoms with Crippen molar-refractivity contribution in [1.82, 2.24) is 5.43 Å². The Balaban J connectivity index is 2.19. The number of rotatable bonds is 5. The van der Waals surface area contributed by atoms with Crippen LogP contribution in [0.2, 0.25) is 0 Å². The summed E-state index contributed by atoms with van der Waals surface area (Å²) in [5.74, 6) is 0.776. The monoisotopic (exact) mass is 312 g/mol. The Labute approximate surface area is 135 Å². The van der Waals surface area contributed by atoms with Gasteiger partial charge < -0.3 is 9.47 Å². The highest BCUT2D eigenvalue weighted by molar-refractivity contribution is 6.01. The number of hydrogen-bond acceptors (Lipinski definition) is 4. The summed E-state index contributed by atoms with van der Waals surface area (Å²) in [6.07, 6.45) is 0. The third-order valence-electron chi connectivity index (χ3n) is 3.47. The van der Waals surface area contributed by atoms with E-state index in [9.17, 15) is 4.79 Å². The highest BCUT2D eigenvalue weighted by Crippen LogP contribution is 2.22. The molecule has 0 aliphatic rings. The van der Waals surface area contributed by atoms with E-state index in [2.05, 4.69) is 10.5 Å². The number of carbonyl (C=O) groups excluding carboxylic acids is 1. The minimum atomic E-state index is -0.324. The molecule has 23 heavy (non-hydrogen) atoms. The molecule has 0 saturated heterocycles. The second-order valence-corrected chi connectivity index (χ2v) is 5.05. The predicted molar refractivity (Wildman–Crippen MR) is 90.4 cm³/mol. The first-order chi connectivity index (χ1) is 11.0. The molecule has 0 atom stereocenters. The molecule has 120 valence electrons. The van der Waals surface area contributed by atoms with Crippen LogP contribution in [0.1, 0.15) is 28.4 Å². The molecule has 2 aromatic carbocycles. The van der Waals surface area contributed by atoms with E-state index in [1.54, 1.807) is 18.2 Å². The highest BCUT2D eigenvalue weighted by atomic mass is 16.5. The van der Waals surface area contributed by atoms with Gasteiger partial charge in [0.1, 0.15) is 11.5 Å². The summed E-state index contributed by atoms with van der Waals surface area (Å²) in [6, 6.07) is 12.9. The van der Waals surface area contributed by atoms with Crippen LogP contribution in [0.3, 0.4) is 0 Å². The molecule has 0 heterocycles. The Morgan fingerprint density at radius 1 is 1.04 bits per heavy atom. The number of methoxy groups -OCH3 is 2. The van der Waals surface area contributed by atoms with Crippen molar-refractivity contribution in [1.29, 1.82) is 0 Å². The molecular formula is C18H20N2O3. The van der Waals surface area contributed by atoms with Crippen LogP contribution < -0.4 is 14.9 Å². The molecule has 0 aliphatic carbocycles. The molecule has 0 radical (unpaired) electrons. The fourth-order valence-electron chi connectivity index (χ4n) is 2.18. The van der Waals surface area contributed by atoms with Gasteiger partial charge in [0.2, 0.25) is 0 Å². The summed E-state index contributed by atoms with van der Waals surface area (Å²) in [6.45, 7) is 3.86. The lowest BCUT2D eigenvalue weighted by atomic mass is 10.1. The van der Waals surface area contributed by atoms with Crippen molar-refractivity contribution in [3.05, 3.63) is 59.2 Å². The van der Waals surface area contributed by atoms with Crippen LogP contribution in [0.15, 0.2) is 47.6 Å². The number of hydrogen-bond donors (Lipinski definition) is 1. The number of amides is 1. The number of hydrazone groups is 1. The van der Waals surface area contributed by atoms with Crippen LogP contribution in [0.4, 0.5) is 0 Å². The number of aryl methyl sites for hydroxylation is 1. The van der Waals surface area contributed by atoms with Crippen molar-refractivity contribution in [2.45, 2.75) is 13.8 Å². The number of carbonyl (C=O) groups is 1. The van der Waals surface area contributed by atoms with E-state index in [1.807, 2.05) is 38.1 Å². The maximum Gasteiger partial charge on any atom is 0.271 e. The van der Waals surface area contributed by atoms with Crippen LogP contribution in [-0.4, -0.2) is 25.8 Å². The van der Waals surface area contributed by atoms with Gasteiger partial charge in [-0.2, -0.15) is 5.10 Å². The van der Waals surface area contributed by atoms with Gasteiger partial charge in [-0.15, -0.1) is 0 Å². The molecule has 5 nitrogen and oxygen atoms in total. The highest BCUT2D eigenvalue weighted by Gasteiger charge is 2.10. The fraction of sp³-hybridized carbons (Fsp3) is 0.222. The Morgan fingerprint density at radius 3 is 2.22 bits per heavy atom. The number of nitrogens with one attached hydrogen (secondary N) is 1. The minimum absolute atomic E-state index is 0.324. The van der Waals surface area contributed by atoms with Crippen molar-refractivity contribution in [3.63, 3.8) is 0 Å². The Morgan fingerprint density at radius 2 is 1.65 bits per heavy atom. The quantitative estimate of drug-likeness (QED) is 0.681. The van der Waals surface area contributed by atoms with Gasteiger partial charge in [0.25, 0.3) is 5.91 Å². The zero-order chi connectivity index (χ0) is 16.8. The van der Waals surface area contributed by atoms with Gasteiger partial charge in [0.15, 0.2) is 0 Å². The first-order valence-corrected chi connectivity index (χ1v) is 7.19. The lowest BCUT2D eigenvalue weighted by Crippen LogP contribution is -2.19. The van der Waals surface area contributed by atoms with Gasteiger partial charge >= 0.3 is 0 Å². The maximum absolute atomic E-state index is 12.3. The summed E-state index contributed by atoms with van der Waals surface area (Å²) < 4.78 is 10.3. The molecule has 2 aromatic rings. The number of ether oxygens (including phenoxy) is 2. The number of benzene rings is 2. The van der Waals surface area contributed by atoms with E-state index >= 15 is 0 Å². The molecule has 0 aromatic heterocycles. The van der Waals surface area contributed by atoms with E-state index in [0.29, 0.717) is 17.1 Å². The normalized spacial score (nSPS) is 11.0. The first kappa shape index (κ1) is 16.5. The smallest absolute Gasteiger partial charge is 0.271 e. The molecule has 0 unspecified atom stereocenters. The molecule has 0 spiro atoms. The average molecular weight is 312 g/mol. The molecule has 0 aliphatic heterocycles. The summed E-state index contributed by atoms with van der Waals surface area (Å²) in [5.41, 5.74) is 5.83. The Bertz CT molecular complexity index is 717. The van der Waals surface area contributed by atoms with Gasteiger partial charge in [0.05, 0.1) is 19.9 Å². The van der Waals surface area contributed by atoms with Crippen LogP contribution >= 0.6 is 0 Å². The van der Waals surface area contributed by atoms with Crippen molar-refractivity contribution in [2.75, 3.05) is 14.2 Å². The van der Waals surface area contributed by atoms with E-state index < -0.39 is 0 Å². The van der Waals surface area contributed by atoms with Crippen LogP contribution in [0, 0.1) is 6.92 Å². The van der Waals surface area contributed by atoms with Crippen LogP contribution in [0.25, 0.3) is 0 Å². The van der Waals surface area contributed by atoms with E-state index in [-0.39, 0.29) is 5.91 Å². The van der Waals surface area contributed by atoms with Crippen LogP contribution in [0.5, 0.6) is 11.5 Å². The standard InChI is InChI=1S/C18H20N2O3/c1-12-7-5-6-8-17(12)13(2)19-20-18(21)14-9-15(22-3)11-16(10-14)23-4/h5-11H,1-4H3,(H,20,21)/b19-13-. The lowest BCUT2D eigenvalue weighted by molar-refractivity contribution is 0.0954. The zero-order valence-corrected chi connectivity index (χ0v) is 13.7. The van der Waals surface area contributed by atoms with Crippen molar-refractivity contribution >= 4 is 11.6 Å². The largest absolute Gasteiger partial charge is 0.497 e. The zero-order valence-electron chi connectivity index (χ0n) is 13.7. The van der Waals surface area contributed by atoms with Gasteiger partial charge in [-0.25, -0.2) is 5.43 Å². The van der Waals surface area contributed by atoms with Crippen molar-refractivity contribution in [3.8, 4) is 11.5 Å². The first-order valence-electron chi connectivity index (χ1n) is 7.19. The lowest BCUT2D eigenvalue weighted by Gasteiger charge is -2.08. The average Bonchev–Trinajstić information content (AvgIpc) is 2.59. The van der Waals surface area contributed by atoms with E-state index in [0.717, 1.165) is 16.8 Å². The molecule has 5 heteroatoms. The third-order valence-corrected chi connectivity index (χ3v) is 3.47. The van der Waals surface area contributed by atoms with Gasteiger partial charge in [-0.1, -0.05) is 24.3 Å². The molecule has 0 saturated carbocycles. The Kier molecular flexibility index (Phi) is 5.36. The molecule has 2 rings (SSSR count). The molecule has 1 N–H and O–H groups in total. The SMILES string of the molecule is COc1cc(OC)cc(C(=O)N/N=C(/C)c2ccccc2C)c1. The minimum Gasteiger partial charge on any atom is -0.497 e. The fourth-order valence-corrected chi connectivity index (χ4v) is 2.18. The predicted octanol–water partition coefficient (Wildman–Crippen LogP) is 3.17. The van der Waals surface area contributed by atoms with Crippen molar-refractivity contribution < 1.29 is 14.3 Å². The topological polar surface area (TPSA) is 59.9 Å². The van der Waals surface area contributed by atoms with Gasteiger partial charge in [0, 0.05) is 17.2 Å². The van der Waals surface area contributed by atoms with E-state index in [4.69, 9.17) is 9.47 Å². The molecule has 1 amide bonds. The number of nitrogens with zero attached hydrogens (tertiary/aromatic N) is 1. The van der Waals surface area contributed by atoms with E-state index in [1.165, 1.54) is 14.2 Å². The summed E-state index contributed by atoms with van der Waals surface area (Å²) >= 11 is 0. The maximum atomic E-state index is 12.3. The summed E-state index contributed by atoms with van der Waals surface area (Å²) in [4.78, 5) is 12.3. The molecular weight excluding hydrogens is 292 g/mol.